The number of methoxy groups -OCH3 is 2. The zero-order valence-electron chi connectivity index (χ0n) is 33.2. The van der Waals surface area contributed by atoms with Gasteiger partial charge in [-0.3, -0.25) is 9.36 Å². The van der Waals surface area contributed by atoms with Gasteiger partial charge >= 0.3 is 0 Å². The molecule has 2 aromatic heterocycles. The van der Waals surface area contributed by atoms with Crippen molar-refractivity contribution in [3.05, 3.63) is 144 Å². The Morgan fingerprint density at radius 2 is 1.37 bits per heavy atom. The minimum atomic E-state index is -2.50. The van der Waals surface area contributed by atoms with Crippen molar-refractivity contribution < 1.29 is 33.3 Å². The van der Waals surface area contributed by atoms with E-state index in [1.54, 1.807) is 49.4 Å². The van der Waals surface area contributed by atoms with Crippen molar-refractivity contribution >= 4 is 31.2 Å². The lowest BCUT2D eigenvalue weighted by atomic mass is 9.80. The summed E-state index contributed by atoms with van der Waals surface area (Å²) in [6.07, 6.45) is -0.671. The van der Waals surface area contributed by atoms with E-state index in [4.69, 9.17) is 23.4 Å². The van der Waals surface area contributed by atoms with E-state index in [2.05, 4.69) is 54.1 Å². The molecule has 4 atom stereocenters. The highest BCUT2D eigenvalue weighted by atomic mass is 28.4. The number of benzene rings is 4. The maximum absolute atomic E-state index is 13.1. The van der Waals surface area contributed by atoms with Crippen LogP contribution in [0.2, 0.25) is 18.1 Å². The van der Waals surface area contributed by atoms with Crippen LogP contribution < -0.4 is 14.8 Å². The van der Waals surface area contributed by atoms with Crippen molar-refractivity contribution in [3.8, 4) is 11.5 Å². The van der Waals surface area contributed by atoms with Gasteiger partial charge in [0.05, 0.1) is 27.2 Å². The van der Waals surface area contributed by atoms with Gasteiger partial charge in [0, 0.05) is 5.56 Å². The molecule has 296 valence electrons. The number of carbonyl (C=O) groups excluding carboxylic acids is 1. The molecule has 1 fully saturated rings. The average Bonchev–Trinajstić information content (AvgIpc) is 3.79. The number of aromatic nitrogens is 4. The smallest absolute Gasteiger partial charge is 0.256 e. The highest BCUT2D eigenvalue weighted by molar-refractivity contribution is 6.74. The van der Waals surface area contributed by atoms with Crippen LogP contribution in [0.5, 0.6) is 11.5 Å². The van der Waals surface area contributed by atoms with E-state index >= 15 is 0 Å². The molecule has 1 amide bonds. The predicted octanol–water partition coefficient (Wildman–Crippen LogP) is 7.75. The first-order valence-corrected chi connectivity index (χ1v) is 21.8. The Balaban J connectivity index is 1.28. The van der Waals surface area contributed by atoms with Gasteiger partial charge in [-0.2, -0.15) is 0 Å². The molecule has 4 aromatic carbocycles. The van der Waals surface area contributed by atoms with E-state index in [0.717, 1.165) is 16.7 Å². The largest absolute Gasteiger partial charge is 0.497 e. The number of hydrogen-bond donors (Lipinski definition) is 2. The third-order valence-corrected chi connectivity index (χ3v) is 15.6. The molecule has 6 aromatic rings. The standard InChI is InChI=1S/C44H49N5O7Si/c1-43(2,3)57(6,7)56-38-37(50)35(55-42(38)49-28-47-36-39(45-27-46-40(36)49)48-41(51)29-14-10-8-11-15-29)26-54-44(30-16-12-9-13-17-30,31-18-22-33(52-4)23-19-31)32-20-24-34(53-5)25-21-32/h8-25,27-28,35,37-38,42,50H,26H2,1-7H3,(H,45,46,48,51)/t35-,37?,38+,42-/m1/s1. The van der Waals surface area contributed by atoms with E-state index in [0.29, 0.717) is 28.2 Å². The number of hydrogen-bond acceptors (Lipinski definition) is 10. The van der Waals surface area contributed by atoms with Crippen LogP contribution in [0.15, 0.2) is 122 Å². The van der Waals surface area contributed by atoms with E-state index in [-0.39, 0.29) is 23.4 Å². The predicted molar refractivity (Wildman–Crippen MR) is 220 cm³/mol. The van der Waals surface area contributed by atoms with Gasteiger partial charge in [-0.25, -0.2) is 15.0 Å². The van der Waals surface area contributed by atoms with Gasteiger partial charge in [0.2, 0.25) is 0 Å². The second kappa shape index (κ2) is 16.2. The Labute approximate surface area is 333 Å². The highest BCUT2D eigenvalue weighted by Crippen LogP contribution is 2.45. The fraction of sp³-hybridized carbons (Fsp3) is 0.318. The van der Waals surface area contributed by atoms with Gasteiger partial charge < -0.3 is 33.8 Å². The number of anilines is 1. The van der Waals surface area contributed by atoms with Crippen LogP contribution in [0.25, 0.3) is 11.2 Å². The first-order valence-electron chi connectivity index (χ1n) is 18.9. The molecule has 12 nitrogen and oxygen atoms in total. The van der Waals surface area contributed by atoms with Crippen LogP contribution >= 0.6 is 0 Å². The van der Waals surface area contributed by atoms with E-state index in [1.807, 2.05) is 84.9 Å². The average molecular weight is 788 g/mol. The zero-order valence-corrected chi connectivity index (χ0v) is 34.2. The summed E-state index contributed by atoms with van der Waals surface area (Å²) in [6.45, 7) is 10.7. The summed E-state index contributed by atoms with van der Waals surface area (Å²) in [5, 5.41) is 15.0. The van der Waals surface area contributed by atoms with Crippen molar-refractivity contribution in [1.29, 1.82) is 0 Å². The van der Waals surface area contributed by atoms with Crippen molar-refractivity contribution in [1.82, 2.24) is 19.5 Å². The van der Waals surface area contributed by atoms with Crippen LogP contribution in [0.4, 0.5) is 5.82 Å². The molecular formula is C44H49N5O7Si. The number of imidazole rings is 1. The Morgan fingerprint density at radius 3 is 1.93 bits per heavy atom. The summed E-state index contributed by atoms with van der Waals surface area (Å²) >= 11 is 0. The molecule has 1 aliphatic heterocycles. The van der Waals surface area contributed by atoms with Crippen molar-refractivity contribution in [2.75, 3.05) is 26.1 Å². The number of aliphatic hydroxyl groups is 1. The Kier molecular flexibility index (Phi) is 11.3. The molecule has 0 aliphatic carbocycles. The molecule has 0 spiro atoms. The van der Waals surface area contributed by atoms with Crippen LogP contribution in [0.1, 0.15) is 54.0 Å². The maximum atomic E-state index is 13.1. The molecule has 57 heavy (non-hydrogen) atoms. The number of amides is 1. The SMILES string of the molecule is COc1ccc(C(OC[C@H]2O[C@@H](n3cnc4c(NC(=O)c5ccccc5)ncnc43)[C@@H](O[Si](C)(C)C(C)(C)C)C2O)(c2ccccc2)c2ccc(OC)cc2)cc1. The summed E-state index contributed by atoms with van der Waals surface area (Å²) < 4.78 is 33.8. The summed E-state index contributed by atoms with van der Waals surface area (Å²) in [4.78, 5) is 26.7. The van der Waals surface area contributed by atoms with Gasteiger partial charge in [0.1, 0.15) is 41.7 Å². The molecule has 3 heterocycles. The lowest BCUT2D eigenvalue weighted by Gasteiger charge is -2.40. The summed E-state index contributed by atoms with van der Waals surface area (Å²) in [6, 6.07) is 34.4. The first kappa shape index (κ1) is 39.8. The normalized spacial score (nSPS) is 18.7. The quantitative estimate of drug-likeness (QED) is 0.0883. The molecule has 2 N–H and O–H groups in total. The van der Waals surface area contributed by atoms with Gasteiger partial charge in [-0.05, 0) is 71.2 Å². The van der Waals surface area contributed by atoms with Crippen LogP contribution in [0, 0.1) is 0 Å². The number of ether oxygens (including phenoxy) is 4. The Bertz CT molecular complexity index is 2230. The number of rotatable bonds is 13. The number of nitrogens with one attached hydrogen (secondary N) is 1. The topological polar surface area (TPSA) is 139 Å². The maximum Gasteiger partial charge on any atom is 0.256 e. The Hall–Kier alpha value is -5.44. The van der Waals surface area contributed by atoms with Gasteiger partial charge in [0.25, 0.3) is 5.91 Å². The van der Waals surface area contributed by atoms with Crippen LogP contribution in [-0.4, -0.2) is 78.0 Å². The lowest BCUT2D eigenvalue weighted by molar-refractivity contribution is -0.0940. The van der Waals surface area contributed by atoms with Crippen molar-refractivity contribution in [2.24, 2.45) is 0 Å². The summed E-state index contributed by atoms with van der Waals surface area (Å²) in [5.74, 6) is 1.33. The molecule has 0 saturated carbocycles. The monoisotopic (exact) mass is 787 g/mol. The first-order chi connectivity index (χ1) is 27.4. The van der Waals surface area contributed by atoms with Gasteiger partial charge in [-0.15, -0.1) is 0 Å². The summed E-state index contributed by atoms with van der Waals surface area (Å²) in [7, 11) is 0.769. The number of carbonyl (C=O) groups is 1. The lowest BCUT2D eigenvalue weighted by Crippen LogP contribution is -2.49. The van der Waals surface area contributed by atoms with Gasteiger partial charge in [0.15, 0.2) is 31.5 Å². The second-order valence-corrected chi connectivity index (χ2v) is 20.3. The molecule has 1 saturated heterocycles. The highest BCUT2D eigenvalue weighted by Gasteiger charge is 2.52. The molecule has 0 radical (unpaired) electrons. The van der Waals surface area contributed by atoms with Crippen LogP contribution in [0.3, 0.4) is 0 Å². The minimum Gasteiger partial charge on any atom is -0.497 e. The molecule has 1 aliphatic rings. The minimum absolute atomic E-state index is 0.0258. The number of fused-ring (bicyclic) bond motifs is 1. The molecule has 13 heteroatoms. The molecule has 7 rings (SSSR count). The van der Waals surface area contributed by atoms with Crippen LogP contribution in [-0.2, 0) is 19.5 Å². The fourth-order valence-corrected chi connectivity index (χ4v) is 8.19. The van der Waals surface area contributed by atoms with Gasteiger partial charge in [-0.1, -0.05) is 93.6 Å². The molecular weight excluding hydrogens is 739 g/mol. The third kappa shape index (κ3) is 7.81. The zero-order chi connectivity index (χ0) is 40.4. The van der Waals surface area contributed by atoms with E-state index in [1.165, 1.54) is 6.33 Å². The third-order valence-electron chi connectivity index (χ3n) is 11.1. The van der Waals surface area contributed by atoms with Crippen molar-refractivity contribution in [2.45, 2.75) is 69.0 Å². The number of aliphatic hydroxyl groups excluding tert-OH is 1. The summed E-state index contributed by atoms with van der Waals surface area (Å²) in [5.41, 5.74) is 2.69. The molecule has 0 bridgehead atoms. The fourth-order valence-electron chi connectivity index (χ4n) is 6.90. The molecule has 1 unspecified atom stereocenters. The number of nitrogens with zero attached hydrogens (tertiary/aromatic N) is 4. The van der Waals surface area contributed by atoms with E-state index < -0.39 is 38.5 Å². The Morgan fingerprint density at radius 1 is 0.807 bits per heavy atom. The van der Waals surface area contributed by atoms with Crippen molar-refractivity contribution in [3.63, 3.8) is 0 Å². The van der Waals surface area contributed by atoms with E-state index in [9.17, 15) is 9.90 Å². The second-order valence-electron chi connectivity index (χ2n) is 15.6.